The maximum Gasteiger partial charge on any atom is 0.105 e. The molecule has 2 heteroatoms. The van der Waals surface area contributed by atoms with Crippen LogP contribution in [0.5, 0.6) is 0 Å². The number of hydrogen-bond donors (Lipinski definition) is 0. The Morgan fingerprint density at radius 2 is 2.20 bits per heavy atom. The van der Waals surface area contributed by atoms with Crippen molar-refractivity contribution >= 4 is 0 Å². The Labute approximate surface area is 60.9 Å². The van der Waals surface area contributed by atoms with E-state index in [-0.39, 0.29) is 0 Å². The Morgan fingerprint density at radius 1 is 1.40 bits per heavy atom. The van der Waals surface area contributed by atoms with E-state index in [0.29, 0.717) is 0 Å². The minimum atomic E-state index is 1.16. The highest BCUT2D eigenvalue weighted by Crippen LogP contribution is 2.20. The van der Waals surface area contributed by atoms with Gasteiger partial charge in [-0.25, -0.2) is 4.98 Å². The number of aryl methyl sites for hydroxylation is 2. The summed E-state index contributed by atoms with van der Waals surface area (Å²) in [7, 11) is 2.10. The van der Waals surface area contributed by atoms with Crippen LogP contribution in [0.4, 0.5) is 0 Å². The van der Waals surface area contributed by atoms with Crippen LogP contribution in [0.25, 0.3) is 0 Å². The maximum absolute atomic E-state index is 4.45. The van der Waals surface area contributed by atoms with Gasteiger partial charge in [-0.1, -0.05) is 0 Å². The lowest BCUT2D eigenvalue weighted by Gasteiger charge is -1.97. The molecule has 0 saturated heterocycles. The first kappa shape index (κ1) is 5.96. The second-order valence-corrected chi connectivity index (χ2v) is 2.96. The highest BCUT2D eigenvalue weighted by Gasteiger charge is 2.16. The first-order chi connectivity index (χ1) is 4.79. The lowest BCUT2D eigenvalue weighted by atomic mass is 10.3. The van der Waals surface area contributed by atoms with Gasteiger partial charge < -0.3 is 4.57 Å². The number of fused-ring (bicyclic) bond motifs is 1. The van der Waals surface area contributed by atoms with Crippen LogP contribution in [-0.2, 0) is 19.9 Å². The highest BCUT2D eigenvalue weighted by atomic mass is 15.1. The van der Waals surface area contributed by atoms with Crippen LogP contribution >= 0.6 is 0 Å². The van der Waals surface area contributed by atoms with Crippen molar-refractivity contribution in [2.24, 2.45) is 7.05 Å². The fourth-order valence-corrected chi connectivity index (χ4v) is 1.66. The van der Waals surface area contributed by atoms with E-state index in [1.54, 1.807) is 0 Å². The molecule has 1 aromatic heterocycles. The van der Waals surface area contributed by atoms with E-state index < -0.39 is 0 Å². The van der Waals surface area contributed by atoms with Crippen molar-refractivity contribution < 1.29 is 0 Å². The normalized spacial score (nSPS) is 15.8. The average Bonchev–Trinajstić information content (AvgIpc) is 2.41. The molecule has 1 aliphatic rings. The van der Waals surface area contributed by atoms with E-state index >= 15 is 0 Å². The first-order valence-electron chi connectivity index (χ1n) is 3.80. The SMILES string of the molecule is Cc1nc2c(n1C)CCC2. The molecule has 0 radical (unpaired) electrons. The molecule has 1 aromatic rings. The minimum absolute atomic E-state index is 1.16. The summed E-state index contributed by atoms with van der Waals surface area (Å²) in [6.07, 6.45) is 3.72. The summed E-state index contributed by atoms with van der Waals surface area (Å²) in [5, 5.41) is 0. The Hall–Kier alpha value is -0.790. The second-order valence-electron chi connectivity index (χ2n) is 2.96. The molecule has 0 atom stereocenters. The lowest BCUT2D eigenvalue weighted by molar-refractivity contribution is 0.767. The third-order valence-electron chi connectivity index (χ3n) is 2.35. The molecule has 0 spiro atoms. The number of hydrogen-bond acceptors (Lipinski definition) is 1. The number of aromatic nitrogens is 2. The Bertz CT molecular complexity index is 260. The van der Waals surface area contributed by atoms with E-state index in [9.17, 15) is 0 Å². The standard InChI is InChI=1S/C8H12N2/c1-6-9-7-4-3-5-8(7)10(6)2/h3-5H2,1-2H3. The van der Waals surface area contributed by atoms with Gasteiger partial charge >= 0.3 is 0 Å². The van der Waals surface area contributed by atoms with E-state index in [4.69, 9.17) is 0 Å². The van der Waals surface area contributed by atoms with Crippen LogP contribution in [0.2, 0.25) is 0 Å². The van der Waals surface area contributed by atoms with Gasteiger partial charge in [-0.05, 0) is 26.2 Å². The van der Waals surface area contributed by atoms with Gasteiger partial charge in [0.1, 0.15) is 5.82 Å². The van der Waals surface area contributed by atoms with Crippen molar-refractivity contribution in [2.45, 2.75) is 26.2 Å². The third kappa shape index (κ3) is 0.618. The van der Waals surface area contributed by atoms with Crippen LogP contribution in [-0.4, -0.2) is 9.55 Å². The van der Waals surface area contributed by atoms with Crippen LogP contribution in [0.15, 0.2) is 0 Å². The van der Waals surface area contributed by atoms with E-state index in [1.165, 1.54) is 30.7 Å². The lowest BCUT2D eigenvalue weighted by Crippen LogP contribution is -1.95. The number of nitrogens with zero attached hydrogens (tertiary/aromatic N) is 2. The molecule has 0 unspecified atom stereocenters. The van der Waals surface area contributed by atoms with Crippen molar-refractivity contribution in [1.29, 1.82) is 0 Å². The van der Waals surface area contributed by atoms with Gasteiger partial charge in [0.05, 0.1) is 5.69 Å². The summed E-state index contributed by atoms with van der Waals surface area (Å²) >= 11 is 0. The van der Waals surface area contributed by atoms with Crippen LogP contribution in [0, 0.1) is 6.92 Å². The molecule has 2 nitrogen and oxygen atoms in total. The molecular formula is C8H12N2. The Balaban J connectivity index is 2.59. The summed E-state index contributed by atoms with van der Waals surface area (Å²) in [4.78, 5) is 4.45. The van der Waals surface area contributed by atoms with Crippen molar-refractivity contribution in [3.63, 3.8) is 0 Å². The molecule has 0 aromatic carbocycles. The van der Waals surface area contributed by atoms with E-state index in [1.807, 2.05) is 0 Å². The number of rotatable bonds is 0. The summed E-state index contributed by atoms with van der Waals surface area (Å²) in [5.41, 5.74) is 2.79. The quantitative estimate of drug-likeness (QED) is 0.524. The Kier molecular flexibility index (Phi) is 1.10. The zero-order chi connectivity index (χ0) is 7.14. The topological polar surface area (TPSA) is 17.8 Å². The smallest absolute Gasteiger partial charge is 0.105 e. The zero-order valence-electron chi connectivity index (χ0n) is 6.52. The molecule has 0 aliphatic heterocycles. The third-order valence-corrected chi connectivity index (χ3v) is 2.35. The monoisotopic (exact) mass is 136 g/mol. The molecule has 1 aliphatic carbocycles. The van der Waals surface area contributed by atoms with E-state index in [0.717, 1.165) is 5.82 Å². The van der Waals surface area contributed by atoms with Crippen LogP contribution in [0.1, 0.15) is 23.6 Å². The van der Waals surface area contributed by atoms with Crippen molar-refractivity contribution in [3.8, 4) is 0 Å². The second kappa shape index (κ2) is 1.84. The molecule has 0 N–H and O–H groups in total. The zero-order valence-corrected chi connectivity index (χ0v) is 6.52. The molecule has 0 saturated carbocycles. The van der Waals surface area contributed by atoms with E-state index in [2.05, 4.69) is 23.5 Å². The molecule has 54 valence electrons. The highest BCUT2D eigenvalue weighted by molar-refractivity contribution is 5.21. The van der Waals surface area contributed by atoms with Crippen molar-refractivity contribution in [1.82, 2.24) is 9.55 Å². The van der Waals surface area contributed by atoms with Gasteiger partial charge in [-0.2, -0.15) is 0 Å². The molecule has 0 amide bonds. The molecule has 1 heterocycles. The minimum Gasteiger partial charge on any atom is -0.335 e. The predicted octanol–water partition coefficient (Wildman–Crippen LogP) is 1.22. The summed E-state index contributed by atoms with van der Waals surface area (Å²) in [6.45, 7) is 2.07. The van der Waals surface area contributed by atoms with Gasteiger partial charge in [0.25, 0.3) is 0 Å². The molecule has 10 heavy (non-hydrogen) atoms. The van der Waals surface area contributed by atoms with Crippen LogP contribution in [0.3, 0.4) is 0 Å². The fraction of sp³-hybridized carbons (Fsp3) is 0.625. The average molecular weight is 136 g/mol. The van der Waals surface area contributed by atoms with Gasteiger partial charge in [-0.15, -0.1) is 0 Å². The van der Waals surface area contributed by atoms with Gasteiger partial charge in [0.15, 0.2) is 0 Å². The van der Waals surface area contributed by atoms with Crippen molar-refractivity contribution in [2.75, 3.05) is 0 Å². The van der Waals surface area contributed by atoms with Crippen molar-refractivity contribution in [3.05, 3.63) is 17.2 Å². The number of imidazole rings is 1. The maximum atomic E-state index is 4.45. The summed E-state index contributed by atoms with van der Waals surface area (Å²) < 4.78 is 2.21. The summed E-state index contributed by atoms with van der Waals surface area (Å²) in [6, 6.07) is 0. The molecular weight excluding hydrogens is 124 g/mol. The predicted molar refractivity (Wildman–Crippen MR) is 40.0 cm³/mol. The molecule has 2 rings (SSSR count). The molecule has 0 bridgehead atoms. The van der Waals surface area contributed by atoms with Gasteiger partial charge in [0, 0.05) is 12.7 Å². The largest absolute Gasteiger partial charge is 0.335 e. The Morgan fingerprint density at radius 3 is 2.90 bits per heavy atom. The molecule has 0 fully saturated rings. The van der Waals surface area contributed by atoms with Crippen LogP contribution < -0.4 is 0 Å². The van der Waals surface area contributed by atoms with Gasteiger partial charge in [0.2, 0.25) is 0 Å². The summed E-state index contributed by atoms with van der Waals surface area (Å²) in [5.74, 6) is 1.16. The van der Waals surface area contributed by atoms with Gasteiger partial charge in [-0.3, -0.25) is 0 Å². The first-order valence-corrected chi connectivity index (χ1v) is 3.80. The fourth-order valence-electron chi connectivity index (χ4n) is 1.66.